The van der Waals surface area contributed by atoms with Crippen LogP contribution in [-0.2, 0) is 14.3 Å². The molecular weight excluding hydrogens is 280 g/mol. The number of ether oxygens (including phenoxy) is 2. The van der Waals surface area contributed by atoms with Crippen molar-refractivity contribution < 1.29 is 14.3 Å². The van der Waals surface area contributed by atoms with Crippen molar-refractivity contribution >= 4 is 5.91 Å². The van der Waals surface area contributed by atoms with E-state index in [-0.39, 0.29) is 0 Å². The highest BCUT2D eigenvalue weighted by molar-refractivity contribution is 5.78. The standard InChI is InChI=1S/C17H32N2O3/c1-21-12-10-18(11-13-22-2)14-17(20)19-9-5-7-15-6-3-4-8-16(15)19/h15-16H,3-14H2,1-2H3. The lowest BCUT2D eigenvalue weighted by Crippen LogP contribution is -2.52. The third-order valence-corrected chi connectivity index (χ3v) is 5.15. The Morgan fingerprint density at radius 2 is 1.68 bits per heavy atom. The molecule has 22 heavy (non-hydrogen) atoms. The van der Waals surface area contributed by atoms with Gasteiger partial charge in [0.05, 0.1) is 19.8 Å². The Bertz CT molecular complexity index is 328. The summed E-state index contributed by atoms with van der Waals surface area (Å²) in [6, 6.07) is 0.502. The number of piperidine rings is 1. The van der Waals surface area contributed by atoms with Crippen LogP contribution in [0.4, 0.5) is 0 Å². The molecule has 128 valence electrons. The van der Waals surface area contributed by atoms with Crippen LogP contribution in [0.25, 0.3) is 0 Å². The molecule has 2 rings (SSSR count). The van der Waals surface area contributed by atoms with Crippen molar-refractivity contribution in [2.75, 3.05) is 53.6 Å². The number of hydrogen-bond acceptors (Lipinski definition) is 4. The second-order valence-electron chi connectivity index (χ2n) is 6.60. The summed E-state index contributed by atoms with van der Waals surface area (Å²) >= 11 is 0. The minimum Gasteiger partial charge on any atom is -0.383 e. The number of likely N-dealkylation sites (tertiary alicyclic amines) is 1. The maximum Gasteiger partial charge on any atom is 0.237 e. The molecule has 2 fully saturated rings. The second kappa shape index (κ2) is 9.48. The van der Waals surface area contributed by atoms with Gasteiger partial charge in [0.15, 0.2) is 0 Å². The van der Waals surface area contributed by atoms with Crippen LogP contribution in [0.5, 0.6) is 0 Å². The van der Waals surface area contributed by atoms with Gasteiger partial charge in [0.2, 0.25) is 5.91 Å². The Balaban J connectivity index is 1.89. The van der Waals surface area contributed by atoms with Gasteiger partial charge >= 0.3 is 0 Å². The highest BCUT2D eigenvalue weighted by Gasteiger charge is 2.35. The Hall–Kier alpha value is -0.650. The molecule has 0 bridgehead atoms. The number of nitrogens with zero attached hydrogens (tertiary/aromatic N) is 2. The van der Waals surface area contributed by atoms with Gasteiger partial charge in [-0.3, -0.25) is 9.69 Å². The van der Waals surface area contributed by atoms with Crippen molar-refractivity contribution in [3.05, 3.63) is 0 Å². The topological polar surface area (TPSA) is 42.0 Å². The first-order valence-corrected chi connectivity index (χ1v) is 8.76. The third kappa shape index (κ3) is 4.93. The van der Waals surface area contributed by atoms with Crippen LogP contribution in [0.1, 0.15) is 38.5 Å². The Morgan fingerprint density at radius 1 is 1.05 bits per heavy atom. The Morgan fingerprint density at radius 3 is 2.36 bits per heavy atom. The molecule has 1 aliphatic heterocycles. The summed E-state index contributed by atoms with van der Waals surface area (Å²) in [4.78, 5) is 17.1. The van der Waals surface area contributed by atoms with Crippen molar-refractivity contribution in [2.45, 2.75) is 44.6 Å². The van der Waals surface area contributed by atoms with E-state index in [4.69, 9.17) is 9.47 Å². The van der Waals surface area contributed by atoms with E-state index in [1.165, 1.54) is 38.5 Å². The average molecular weight is 312 g/mol. The Labute approximate surface area is 134 Å². The van der Waals surface area contributed by atoms with Crippen LogP contribution in [0.15, 0.2) is 0 Å². The van der Waals surface area contributed by atoms with Crippen LogP contribution in [0, 0.1) is 5.92 Å². The zero-order chi connectivity index (χ0) is 15.8. The normalized spacial score (nSPS) is 25.3. The van der Waals surface area contributed by atoms with Crippen molar-refractivity contribution in [1.29, 1.82) is 0 Å². The zero-order valence-electron chi connectivity index (χ0n) is 14.3. The molecule has 0 N–H and O–H groups in total. The minimum absolute atomic E-state index is 0.295. The molecule has 1 saturated heterocycles. The fraction of sp³-hybridized carbons (Fsp3) is 0.941. The number of carbonyl (C=O) groups excluding carboxylic acids is 1. The van der Waals surface area contributed by atoms with Gasteiger partial charge in [0.1, 0.15) is 0 Å². The minimum atomic E-state index is 0.295. The number of rotatable bonds is 8. The Kier molecular flexibility index (Phi) is 7.63. The molecule has 1 aliphatic carbocycles. The molecule has 1 heterocycles. The monoisotopic (exact) mass is 312 g/mol. The van der Waals surface area contributed by atoms with E-state index in [1.54, 1.807) is 14.2 Å². The smallest absolute Gasteiger partial charge is 0.237 e. The van der Waals surface area contributed by atoms with Gasteiger partial charge in [-0.05, 0) is 31.6 Å². The third-order valence-electron chi connectivity index (χ3n) is 5.15. The number of fused-ring (bicyclic) bond motifs is 1. The highest BCUT2D eigenvalue weighted by atomic mass is 16.5. The first-order valence-electron chi connectivity index (χ1n) is 8.76. The summed E-state index contributed by atoms with van der Waals surface area (Å²) in [6.45, 7) is 4.32. The van der Waals surface area contributed by atoms with Crippen LogP contribution in [-0.4, -0.2) is 75.4 Å². The van der Waals surface area contributed by atoms with Gasteiger partial charge in [-0.1, -0.05) is 12.8 Å². The quantitative estimate of drug-likeness (QED) is 0.685. The second-order valence-corrected chi connectivity index (χ2v) is 6.60. The summed E-state index contributed by atoms with van der Waals surface area (Å²) in [6.07, 6.45) is 7.62. The average Bonchev–Trinajstić information content (AvgIpc) is 2.56. The molecule has 0 aromatic rings. The number of methoxy groups -OCH3 is 2. The van der Waals surface area contributed by atoms with Crippen LogP contribution in [0.3, 0.4) is 0 Å². The molecular formula is C17H32N2O3. The van der Waals surface area contributed by atoms with Crippen molar-refractivity contribution in [3.63, 3.8) is 0 Å². The largest absolute Gasteiger partial charge is 0.383 e. The first kappa shape index (κ1) is 17.7. The molecule has 1 amide bonds. The molecule has 0 aromatic carbocycles. The van der Waals surface area contributed by atoms with Crippen molar-refractivity contribution in [2.24, 2.45) is 5.92 Å². The number of hydrogen-bond donors (Lipinski definition) is 0. The lowest BCUT2D eigenvalue weighted by atomic mass is 9.78. The lowest BCUT2D eigenvalue weighted by Gasteiger charge is -2.44. The fourth-order valence-electron chi connectivity index (χ4n) is 3.93. The predicted molar refractivity (Wildman–Crippen MR) is 86.9 cm³/mol. The van der Waals surface area contributed by atoms with E-state index in [2.05, 4.69) is 9.80 Å². The van der Waals surface area contributed by atoms with Gasteiger partial charge in [-0.15, -0.1) is 0 Å². The molecule has 5 nitrogen and oxygen atoms in total. The van der Waals surface area contributed by atoms with E-state index < -0.39 is 0 Å². The zero-order valence-corrected chi connectivity index (χ0v) is 14.3. The molecule has 1 saturated carbocycles. The highest BCUT2D eigenvalue weighted by Crippen LogP contribution is 2.35. The van der Waals surface area contributed by atoms with Crippen molar-refractivity contribution in [1.82, 2.24) is 9.80 Å². The van der Waals surface area contributed by atoms with E-state index in [0.29, 0.717) is 31.7 Å². The van der Waals surface area contributed by atoms with Gasteiger partial charge in [-0.2, -0.15) is 0 Å². The van der Waals surface area contributed by atoms with Crippen LogP contribution in [0.2, 0.25) is 0 Å². The van der Waals surface area contributed by atoms with Gasteiger partial charge < -0.3 is 14.4 Å². The summed E-state index contributed by atoms with van der Waals surface area (Å²) in [5.41, 5.74) is 0. The van der Waals surface area contributed by atoms with Gasteiger partial charge in [-0.25, -0.2) is 0 Å². The van der Waals surface area contributed by atoms with E-state index in [9.17, 15) is 4.79 Å². The molecule has 2 atom stereocenters. The molecule has 0 aromatic heterocycles. The summed E-state index contributed by atoms with van der Waals surface area (Å²) in [7, 11) is 3.40. The number of carbonyl (C=O) groups is 1. The van der Waals surface area contributed by atoms with Gasteiger partial charge in [0, 0.05) is 39.9 Å². The summed E-state index contributed by atoms with van der Waals surface area (Å²) < 4.78 is 10.3. The van der Waals surface area contributed by atoms with Gasteiger partial charge in [0.25, 0.3) is 0 Å². The maximum absolute atomic E-state index is 12.8. The predicted octanol–water partition coefficient (Wildman–Crippen LogP) is 1.76. The molecule has 0 spiro atoms. The SMILES string of the molecule is COCCN(CCOC)CC(=O)N1CCCC2CCCCC21. The lowest BCUT2D eigenvalue weighted by molar-refractivity contribution is -0.139. The molecule has 2 unspecified atom stereocenters. The van der Waals surface area contributed by atoms with Crippen LogP contribution < -0.4 is 0 Å². The fourth-order valence-corrected chi connectivity index (χ4v) is 3.93. The van der Waals surface area contributed by atoms with E-state index in [0.717, 1.165) is 25.6 Å². The summed E-state index contributed by atoms with van der Waals surface area (Å²) in [5.74, 6) is 1.04. The van der Waals surface area contributed by atoms with Crippen molar-refractivity contribution in [3.8, 4) is 0 Å². The number of amides is 1. The molecule has 5 heteroatoms. The molecule has 2 aliphatic rings. The first-order chi connectivity index (χ1) is 10.8. The maximum atomic E-state index is 12.8. The van der Waals surface area contributed by atoms with E-state index >= 15 is 0 Å². The van der Waals surface area contributed by atoms with E-state index in [1.807, 2.05) is 0 Å². The molecule has 0 radical (unpaired) electrons. The van der Waals surface area contributed by atoms with Crippen LogP contribution >= 0.6 is 0 Å². The summed E-state index contributed by atoms with van der Waals surface area (Å²) in [5, 5.41) is 0.